The van der Waals surface area contributed by atoms with E-state index in [1.54, 1.807) is 24.3 Å². The minimum atomic E-state index is -2.58. The van der Waals surface area contributed by atoms with Crippen LogP contribution in [0.3, 0.4) is 0 Å². The molecule has 1 amide bonds. The van der Waals surface area contributed by atoms with Crippen molar-refractivity contribution in [2.45, 2.75) is 56.7 Å². The van der Waals surface area contributed by atoms with E-state index in [-0.39, 0.29) is 37.0 Å². The van der Waals surface area contributed by atoms with E-state index in [9.17, 15) is 27.6 Å². The molecule has 0 bridgehead atoms. The van der Waals surface area contributed by atoms with Crippen molar-refractivity contribution in [1.82, 2.24) is 19.8 Å². The molecule has 1 aromatic heterocycles. The zero-order valence-corrected chi connectivity index (χ0v) is 19.6. The second-order valence-electron chi connectivity index (χ2n) is 9.72. The number of para-hydroxylation sites is 1. The van der Waals surface area contributed by atoms with Gasteiger partial charge in [-0.1, -0.05) is 18.2 Å². The Kier molecular flexibility index (Phi) is 6.46. The number of nitrogens with one attached hydrogen (secondary N) is 2. The molecule has 1 unspecified atom stereocenters. The zero-order valence-electron chi connectivity index (χ0n) is 19.6. The largest absolute Gasteiger partial charge is 0.348 e. The fourth-order valence-electron chi connectivity index (χ4n) is 5.32. The third kappa shape index (κ3) is 4.95. The average Bonchev–Trinajstić information content (AvgIpc) is 3.31. The number of halogens is 3. The lowest BCUT2D eigenvalue weighted by atomic mass is 9.91. The SMILES string of the molecule is O=C(NC1CCN(C2CCC(F)(F)CC2)C1)c1cc(Cn2c(=O)[nH]c(=O)c3ccccc32)ccc1F. The highest BCUT2D eigenvalue weighted by Gasteiger charge is 2.39. The smallest absolute Gasteiger partial charge is 0.329 e. The number of rotatable bonds is 5. The summed E-state index contributed by atoms with van der Waals surface area (Å²) in [6.07, 6.45) is 1.30. The van der Waals surface area contributed by atoms with Crippen LogP contribution in [0.4, 0.5) is 13.2 Å². The number of benzene rings is 2. The van der Waals surface area contributed by atoms with Gasteiger partial charge in [0.15, 0.2) is 0 Å². The third-order valence-electron chi connectivity index (χ3n) is 7.28. The molecule has 2 heterocycles. The molecule has 7 nitrogen and oxygen atoms in total. The molecule has 1 saturated heterocycles. The predicted molar refractivity (Wildman–Crippen MR) is 129 cm³/mol. The zero-order chi connectivity index (χ0) is 25.4. The molecule has 1 saturated carbocycles. The first-order valence-electron chi connectivity index (χ1n) is 12.1. The third-order valence-corrected chi connectivity index (χ3v) is 7.28. The Morgan fingerprint density at radius 1 is 1.08 bits per heavy atom. The molecule has 2 N–H and O–H groups in total. The summed E-state index contributed by atoms with van der Waals surface area (Å²) < 4.78 is 42.9. The number of hydrogen-bond acceptors (Lipinski definition) is 4. The molecule has 0 radical (unpaired) electrons. The molecule has 1 aliphatic heterocycles. The van der Waals surface area contributed by atoms with Crippen LogP contribution < -0.4 is 16.6 Å². The van der Waals surface area contributed by atoms with E-state index in [0.717, 1.165) is 0 Å². The number of aromatic amines is 1. The normalized spacial score (nSPS) is 20.6. The van der Waals surface area contributed by atoms with Gasteiger partial charge in [-0.3, -0.25) is 24.0 Å². The number of hydrogen-bond donors (Lipinski definition) is 2. The van der Waals surface area contributed by atoms with Crippen molar-refractivity contribution in [1.29, 1.82) is 0 Å². The Balaban J connectivity index is 1.29. The van der Waals surface area contributed by atoms with Gasteiger partial charge in [0.2, 0.25) is 5.92 Å². The summed E-state index contributed by atoms with van der Waals surface area (Å²) in [5.74, 6) is -3.83. The number of likely N-dealkylation sites (tertiary alicyclic amines) is 1. The molecule has 190 valence electrons. The van der Waals surface area contributed by atoms with Crippen molar-refractivity contribution in [3.63, 3.8) is 0 Å². The molecule has 1 atom stereocenters. The molecule has 1 aliphatic carbocycles. The van der Waals surface area contributed by atoms with E-state index in [0.29, 0.717) is 48.8 Å². The van der Waals surface area contributed by atoms with Gasteiger partial charge in [0.05, 0.1) is 23.0 Å². The number of H-pyrrole nitrogens is 1. The maximum absolute atomic E-state index is 14.6. The van der Waals surface area contributed by atoms with Gasteiger partial charge in [0, 0.05) is 38.0 Å². The highest BCUT2D eigenvalue weighted by Crippen LogP contribution is 2.36. The van der Waals surface area contributed by atoms with Crippen molar-refractivity contribution in [2.75, 3.05) is 13.1 Å². The number of alkyl halides is 2. The molecule has 5 rings (SSSR count). The van der Waals surface area contributed by atoms with Crippen molar-refractivity contribution >= 4 is 16.8 Å². The van der Waals surface area contributed by atoms with Gasteiger partial charge in [-0.15, -0.1) is 0 Å². The first-order valence-corrected chi connectivity index (χ1v) is 12.1. The summed E-state index contributed by atoms with van der Waals surface area (Å²) in [7, 11) is 0. The topological polar surface area (TPSA) is 87.2 Å². The lowest BCUT2D eigenvalue weighted by Crippen LogP contribution is -2.42. The van der Waals surface area contributed by atoms with E-state index < -0.39 is 28.9 Å². The monoisotopic (exact) mass is 500 g/mol. The lowest BCUT2D eigenvalue weighted by molar-refractivity contribution is -0.0516. The second-order valence-corrected chi connectivity index (χ2v) is 9.72. The van der Waals surface area contributed by atoms with Crippen molar-refractivity contribution in [3.8, 4) is 0 Å². The van der Waals surface area contributed by atoms with Crippen LogP contribution in [0.15, 0.2) is 52.1 Å². The van der Waals surface area contributed by atoms with Crippen LogP contribution in [0, 0.1) is 5.82 Å². The number of amides is 1. The highest BCUT2D eigenvalue weighted by atomic mass is 19.3. The fourth-order valence-corrected chi connectivity index (χ4v) is 5.32. The molecular formula is C26H27F3N4O3. The molecule has 10 heteroatoms. The summed E-state index contributed by atoms with van der Waals surface area (Å²) in [5.41, 5.74) is -0.255. The summed E-state index contributed by atoms with van der Waals surface area (Å²) in [6, 6.07) is 10.6. The van der Waals surface area contributed by atoms with Crippen molar-refractivity contribution < 1.29 is 18.0 Å². The van der Waals surface area contributed by atoms with E-state index >= 15 is 0 Å². The van der Waals surface area contributed by atoms with Gasteiger partial charge in [-0.25, -0.2) is 18.0 Å². The van der Waals surface area contributed by atoms with Gasteiger partial charge >= 0.3 is 5.69 Å². The van der Waals surface area contributed by atoms with E-state index in [2.05, 4.69) is 15.2 Å². The summed E-state index contributed by atoms with van der Waals surface area (Å²) in [4.78, 5) is 41.9. The van der Waals surface area contributed by atoms with Crippen LogP contribution in [0.5, 0.6) is 0 Å². The molecule has 2 fully saturated rings. The Bertz CT molecular complexity index is 1410. The van der Waals surface area contributed by atoms with Crippen molar-refractivity contribution in [2.24, 2.45) is 0 Å². The number of fused-ring (bicyclic) bond motifs is 1. The molecule has 3 aromatic rings. The number of aromatic nitrogens is 2. The molecule has 36 heavy (non-hydrogen) atoms. The number of carbonyl (C=O) groups is 1. The molecule has 2 aliphatic rings. The fraction of sp³-hybridized carbons (Fsp3) is 0.423. The molecule has 2 aromatic carbocycles. The van der Waals surface area contributed by atoms with Crippen LogP contribution in [0.1, 0.15) is 48.0 Å². The summed E-state index contributed by atoms with van der Waals surface area (Å²) in [6.45, 7) is 1.29. The lowest BCUT2D eigenvalue weighted by Gasteiger charge is -2.34. The second kappa shape index (κ2) is 9.57. The number of carbonyl (C=O) groups excluding carboxylic acids is 1. The Hall–Kier alpha value is -3.40. The highest BCUT2D eigenvalue weighted by molar-refractivity contribution is 5.95. The minimum absolute atomic E-state index is 0.0419. The van der Waals surface area contributed by atoms with Gasteiger partial charge in [-0.05, 0) is 49.1 Å². The number of nitrogens with zero attached hydrogens (tertiary/aromatic N) is 2. The van der Waals surface area contributed by atoms with Crippen LogP contribution >= 0.6 is 0 Å². The van der Waals surface area contributed by atoms with Crippen LogP contribution in [0.25, 0.3) is 10.9 Å². The Labute approximate surface area is 204 Å². The van der Waals surface area contributed by atoms with E-state index in [4.69, 9.17) is 0 Å². The maximum Gasteiger partial charge on any atom is 0.329 e. The maximum atomic E-state index is 14.6. The Morgan fingerprint density at radius 3 is 2.61 bits per heavy atom. The molecular weight excluding hydrogens is 473 g/mol. The Morgan fingerprint density at radius 2 is 1.83 bits per heavy atom. The molecule has 0 spiro atoms. The first kappa shape index (κ1) is 24.3. The standard InChI is InChI=1S/C26H27F3N4O3/c27-21-6-5-16(14-33-22-4-2-1-3-19(22)23(34)31-25(33)36)13-20(21)24(35)30-17-9-12-32(15-17)18-7-10-26(28,29)11-8-18/h1-6,13,17-18H,7-12,14-15H2,(H,30,35)(H,31,34,36). The summed E-state index contributed by atoms with van der Waals surface area (Å²) in [5, 5.41) is 3.23. The van der Waals surface area contributed by atoms with Crippen LogP contribution in [-0.4, -0.2) is 51.5 Å². The van der Waals surface area contributed by atoms with Gasteiger partial charge < -0.3 is 5.32 Å². The minimum Gasteiger partial charge on any atom is -0.348 e. The van der Waals surface area contributed by atoms with E-state index in [1.165, 1.54) is 22.8 Å². The predicted octanol–water partition coefficient (Wildman–Crippen LogP) is 3.26. The van der Waals surface area contributed by atoms with Crippen LogP contribution in [-0.2, 0) is 6.54 Å². The van der Waals surface area contributed by atoms with Gasteiger partial charge in [0.1, 0.15) is 5.82 Å². The van der Waals surface area contributed by atoms with Gasteiger partial charge in [0.25, 0.3) is 11.5 Å². The summed E-state index contributed by atoms with van der Waals surface area (Å²) >= 11 is 0. The quantitative estimate of drug-likeness (QED) is 0.563. The van der Waals surface area contributed by atoms with Crippen molar-refractivity contribution in [3.05, 3.63) is 80.2 Å². The van der Waals surface area contributed by atoms with E-state index in [1.807, 2.05) is 0 Å². The average molecular weight is 501 g/mol. The first-order chi connectivity index (χ1) is 17.2. The van der Waals surface area contributed by atoms with Crippen LogP contribution in [0.2, 0.25) is 0 Å². The van der Waals surface area contributed by atoms with Gasteiger partial charge in [-0.2, -0.15) is 0 Å².